The molecule has 4 aromatic rings. The molecule has 120 valence electrons. The first-order chi connectivity index (χ1) is 11.4. The SMILES string of the molecule is O=c1c2ncc3ncccc3c2[nH]n1-c1ccc(C(F)(F)F)cc1. The Balaban J connectivity index is 1.93. The van der Waals surface area contributed by atoms with Gasteiger partial charge in [-0.25, -0.2) is 9.67 Å². The minimum atomic E-state index is -4.42. The monoisotopic (exact) mass is 330 g/mol. The second kappa shape index (κ2) is 4.92. The largest absolute Gasteiger partial charge is 0.416 e. The molecule has 3 aromatic heterocycles. The Morgan fingerprint density at radius 3 is 2.50 bits per heavy atom. The minimum Gasteiger partial charge on any atom is -0.288 e. The summed E-state index contributed by atoms with van der Waals surface area (Å²) >= 11 is 0. The van der Waals surface area contributed by atoms with E-state index in [2.05, 4.69) is 15.1 Å². The van der Waals surface area contributed by atoms with Gasteiger partial charge in [0.1, 0.15) is 0 Å². The van der Waals surface area contributed by atoms with Gasteiger partial charge in [-0.3, -0.25) is 14.9 Å². The second-order valence-corrected chi connectivity index (χ2v) is 5.22. The van der Waals surface area contributed by atoms with E-state index in [9.17, 15) is 18.0 Å². The van der Waals surface area contributed by atoms with E-state index in [1.807, 2.05) is 0 Å². The van der Waals surface area contributed by atoms with Gasteiger partial charge in [0.05, 0.1) is 28.5 Å². The number of hydrogen-bond acceptors (Lipinski definition) is 3. The number of halogens is 3. The Morgan fingerprint density at radius 2 is 1.79 bits per heavy atom. The second-order valence-electron chi connectivity index (χ2n) is 5.22. The highest BCUT2D eigenvalue weighted by Crippen LogP contribution is 2.29. The smallest absolute Gasteiger partial charge is 0.288 e. The summed E-state index contributed by atoms with van der Waals surface area (Å²) in [4.78, 5) is 20.7. The number of rotatable bonds is 1. The van der Waals surface area contributed by atoms with E-state index < -0.39 is 17.3 Å². The molecule has 1 aromatic carbocycles. The van der Waals surface area contributed by atoms with Gasteiger partial charge >= 0.3 is 6.18 Å². The molecule has 0 bridgehead atoms. The number of fused-ring (bicyclic) bond motifs is 3. The Hall–Kier alpha value is -3.16. The van der Waals surface area contributed by atoms with Crippen LogP contribution in [0, 0.1) is 0 Å². The number of aromatic nitrogens is 4. The van der Waals surface area contributed by atoms with Gasteiger partial charge in [-0.15, -0.1) is 0 Å². The van der Waals surface area contributed by atoms with E-state index in [4.69, 9.17) is 0 Å². The van der Waals surface area contributed by atoms with E-state index in [0.29, 0.717) is 22.1 Å². The molecular weight excluding hydrogens is 321 g/mol. The summed E-state index contributed by atoms with van der Waals surface area (Å²) in [6.45, 7) is 0. The van der Waals surface area contributed by atoms with Crippen LogP contribution in [0.1, 0.15) is 5.56 Å². The molecule has 0 aliphatic heterocycles. The van der Waals surface area contributed by atoms with Crippen molar-refractivity contribution in [2.75, 3.05) is 0 Å². The Bertz CT molecular complexity index is 1110. The lowest BCUT2D eigenvalue weighted by Crippen LogP contribution is -2.15. The summed E-state index contributed by atoms with van der Waals surface area (Å²) in [5.41, 5.74) is 0.397. The third-order valence-electron chi connectivity index (χ3n) is 3.74. The summed E-state index contributed by atoms with van der Waals surface area (Å²) < 4.78 is 39.1. The highest BCUT2D eigenvalue weighted by Gasteiger charge is 2.30. The van der Waals surface area contributed by atoms with Crippen molar-refractivity contribution in [3.8, 4) is 5.69 Å². The summed E-state index contributed by atoms with van der Waals surface area (Å²) in [6, 6.07) is 7.86. The van der Waals surface area contributed by atoms with Crippen LogP contribution in [0.4, 0.5) is 13.2 Å². The zero-order valence-electron chi connectivity index (χ0n) is 12.0. The van der Waals surface area contributed by atoms with Gasteiger partial charge in [0.25, 0.3) is 5.56 Å². The molecular formula is C16H9F3N4O. The molecule has 0 saturated heterocycles. The Labute approximate surface area is 132 Å². The molecule has 8 heteroatoms. The Morgan fingerprint density at radius 1 is 1.04 bits per heavy atom. The van der Waals surface area contributed by atoms with Crippen LogP contribution in [-0.2, 0) is 6.18 Å². The minimum absolute atomic E-state index is 0.204. The lowest BCUT2D eigenvalue weighted by molar-refractivity contribution is -0.137. The summed E-state index contributed by atoms with van der Waals surface area (Å²) in [6.07, 6.45) is -1.32. The normalized spacial score (nSPS) is 12.1. The number of pyridine rings is 2. The highest BCUT2D eigenvalue weighted by atomic mass is 19.4. The van der Waals surface area contributed by atoms with Gasteiger partial charge in [-0.05, 0) is 36.4 Å². The maximum Gasteiger partial charge on any atom is 0.416 e. The van der Waals surface area contributed by atoms with Crippen molar-refractivity contribution in [2.24, 2.45) is 0 Å². The molecule has 1 N–H and O–H groups in total. The lowest BCUT2D eigenvalue weighted by Gasteiger charge is -2.07. The third-order valence-corrected chi connectivity index (χ3v) is 3.74. The van der Waals surface area contributed by atoms with E-state index >= 15 is 0 Å². The van der Waals surface area contributed by atoms with E-state index in [1.165, 1.54) is 23.0 Å². The fraction of sp³-hybridized carbons (Fsp3) is 0.0625. The highest BCUT2D eigenvalue weighted by molar-refractivity contribution is 6.01. The number of aromatic amines is 1. The molecule has 4 rings (SSSR count). The van der Waals surface area contributed by atoms with Gasteiger partial charge in [-0.1, -0.05) is 0 Å². The molecule has 0 unspecified atom stereocenters. The first kappa shape index (κ1) is 14.4. The molecule has 3 heterocycles. The van der Waals surface area contributed by atoms with Crippen molar-refractivity contribution in [2.45, 2.75) is 6.18 Å². The van der Waals surface area contributed by atoms with Crippen LogP contribution in [0.3, 0.4) is 0 Å². The fourth-order valence-electron chi connectivity index (χ4n) is 2.57. The maximum atomic E-state index is 12.6. The van der Waals surface area contributed by atoms with Crippen molar-refractivity contribution < 1.29 is 13.2 Å². The number of benzene rings is 1. The standard InChI is InChI=1S/C16H9F3N4O/c17-16(18,19)9-3-5-10(6-4-9)23-15(24)14-13(22-23)11-2-1-7-20-12(11)8-21-14/h1-8,22H. The lowest BCUT2D eigenvalue weighted by atomic mass is 10.2. The van der Waals surface area contributed by atoms with Crippen LogP contribution in [0.2, 0.25) is 0 Å². The summed E-state index contributed by atoms with van der Waals surface area (Å²) in [5, 5.41) is 3.61. The van der Waals surface area contributed by atoms with Crippen LogP contribution in [0.25, 0.3) is 27.6 Å². The average Bonchev–Trinajstić information content (AvgIpc) is 2.92. The fourth-order valence-corrected chi connectivity index (χ4v) is 2.57. The molecule has 0 atom stereocenters. The molecule has 5 nitrogen and oxygen atoms in total. The van der Waals surface area contributed by atoms with Crippen molar-refractivity contribution in [1.29, 1.82) is 0 Å². The van der Waals surface area contributed by atoms with Gasteiger partial charge in [0.15, 0.2) is 5.52 Å². The van der Waals surface area contributed by atoms with Gasteiger partial charge in [-0.2, -0.15) is 13.2 Å². The Kier molecular flexibility index (Phi) is 2.96. The maximum absolute atomic E-state index is 12.6. The van der Waals surface area contributed by atoms with E-state index in [1.54, 1.807) is 18.3 Å². The molecule has 0 aliphatic rings. The van der Waals surface area contributed by atoms with Crippen molar-refractivity contribution in [3.05, 3.63) is 64.7 Å². The van der Waals surface area contributed by atoms with Crippen LogP contribution in [-0.4, -0.2) is 19.7 Å². The van der Waals surface area contributed by atoms with Crippen LogP contribution in [0.15, 0.2) is 53.6 Å². The first-order valence-corrected chi connectivity index (χ1v) is 6.97. The number of alkyl halides is 3. The van der Waals surface area contributed by atoms with Gasteiger partial charge < -0.3 is 0 Å². The van der Waals surface area contributed by atoms with Crippen molar-refractivity contribution >= 4 is 21.9 Å². The molecule has 24 heavy (non-hydrogen) atoms. The predicted molar refractivity (Wildman–Crippen MR) is 82.0 cm³/mol. The quantitative estimate of drug-likeness (QED) is 0.582. The van der Waals surface area contributed by atoms with Crippen LogP contribution >= 0.6 is 0 Å². The van der Waals surface area contributed by atoms with Crippen molar-refractivity contribution in [3.63, 3.8) is 0 Å². The van der Waals surface area contributed by atoms with Crippen LogP contribution < -0.4 is 5.56 Å². The summed E-state index contributed by atoms with van der Waals surface area (Å²) in [7, 11) is 0. The summed E-state index contributed by atoms with van der Waals surface area (Å²) in [5.74, 6) is 0. The number of nitrogens with one attached hydrogen (secondary N) is 1. The first-order valence-electron chi connectivity index (χ1n) is 6.97. The topological polar surface area (TPSA) is 63.6 Å². The number of nitrogens with zero attached hydrogens (tertiary/aromatic N) is 3. The average molecular weight is 330 g/mol. The van der Waals surface area contributed by atoms with Gasteiger partial charge in [0, 0.05) is 11.6 Å². The zero-order chi connectivity index (χ0) is 16.9. The molecule has 0 radical (unpaired) electrons. The van der Waals surface area contributed by atoms with E-state index in [0.717, 1.165) is 12.1 Å². The molecule has 0 aliphatic carbocycles. The van der Waals surface area contributed by atoms with Gasteiger partial charge in [0.2, 0.25) is 0 Å². The third kappa shape index (κ3) is 2.15. The predicted octanol–water partition coefficient (Wildman–Crippen LogP) is 3.28. The zero-order valence-corrected chi connectivity index (χ0v) is 12.0. The van der Waals surface area contributed by atoms with E-state index in [-0.39, 0.29) is 5.52 Å². The molecule has 0 fully saturated rings. The number of hydrogen-bond donors (Lipinski definition) is 1. The number of H-pyrrole nitrogens is 1. The van der Waals surface area contributed by atoms with Crippen LogP contribution in [0.5, 0.6) is 0 Å². The molecule has 0 amide bonds. The molecule has 0 saturated carbocycles. The van der Waals surface area contributed by atoms with Crippen molar-refractivity contribution in [1.82, 2.24) is 19.7 Å². The molecule has 0 spiro atoms.